The summed E-state index contributed by atoms with van der Waals surface area (Å²) in [5.41, 5.74) is -0.183. The first-order valence-corrected chi connectivity index (χ1v) is 5.76. The van der Waals surface area contributed by atoms with Gasteiger partial charge in [-0.3, -0.25) is 0 Å². The zero-order valence-corrected chi connectivity index (χ0v) is 10.5. The van der Waals surface area contributed by atoms with Gasteiger partial charge in [0.15, 0.2) is 0 Å². The van der Waals surface area contributed by atoms with Crippen molar-refractivity contribution < 1.29 is 17.7 Å². The Kier molecular flexibility index (Phi) is 3.60. The summed E-state index contributed by atoms with van der Waals surface area (Å²) in [6.07, 6.45) is -3.03. The maximum absolute atomic E-state index is 12.8. The van der Waals surface area contributed by atoms with Gasteiger partial charge in [0.1, 0.15) is 12.0 Å². The fraction of sp³-hybridized carbons (Fsp3) is 0.182. The molecule has 0 radical (unpaired) electrons. The minimum atomic E-state index is -4.40. The molecule has 2 aromatic rings. The van der Waals surface area contributed by atoms with Crippen molar-refractivity contribution in [3.8, 4) is 0 Å². The number of aromatic nitrogens is 1. The van der Waals surface area contributed by atoms with Gasteiger partial charge in [-0.25, -0.2) is 0 Å². The molecule has 3 nitrogen and oxygen atoms in total. The number of alkyl halides is 3. The summed E-state index contributed by atoms with van der Waals surface area (Å²) in [5.74, 6) is 0. The lowest BCUT2D eigenvalue weighted by molar-refractivity contribution is -0.137. The van der Waals surface area contributed by atoms with Crippen LogP contribution in [0.15, 0.2) is 39.5 Å². The summed E-state index contributed by atoms with van der Waals surface area (Å²) in [5, 5.41) is 6.31. The predicted molar refractivity (Wildman–Crippen MR) is 63.0 cm³/mol. The predicted octanol–water partition coefficient (Wildman–Crippen LogP) is 4.07. The molecule has 1 heterocycles. The zero-order chi connectivity index (χ0) is 13.2. The average molecular weight is 321 g/mol. The number of benzene rings is 1. The van der Waals surface area contributed by atoms with E-state index in [2.05, 4.69) is 30.9 Å². The summed E-state index contributed by atoms with van der Waals surface area (Å²) < 4.78 is 43.4. The Labute approximate surface area is 109 Å². The Bertz CT molecular complexity index is 526. The molecule has 0 bridgehead atoms. The lowest BCUT2D eigenvalue weighted by Gasteiger charge is -2.14. The van der Waals surface area contributed by atoms with E-state index in [-0.39, 0.29) is 12.2 Å². The summed E-state index contributed by atoms with van der Waals surface area (Å²) in [4.78, 5) is 0. The van der Waals surface area contributed by atoms with E-state index < -0.39 is 11.7 Å². The lowest BCUT2D eigenvalue weighted by atomic mass is 10.1. The van der Waals surface area contributed by atoms with Crippen LogP contribution in [0, 0.1) is 0 Å². The highest BCUT2D eigenvalue weighted by atomic mass is 79.9. The summed E-state index contributed by atoms with van der Waals surface area (Å²) in [7, 11) is 0. The summed E-state index contributed by atoms with van der Waals surface area (Å²) in [6, 6.07) is 5.33. The molecule has 0 amide bonds. The normalized spacial score (nSPS) is 11.6. The molecule has 96 valence electrons. The molecule has 7 heteroatoms. The molecule has 1 aromatic heterocycles. The topological polar surface area (TPSA) is 38.1 Å². The standard InChI is InChI=1S/C11H8BrF3N2O/c12-7-1-2-9(11(13,14)15)10(5-7)16-6-8-3-4-18-17-8/h1-5,16H,6H2. The van der Waals surface area contributed by atoms with Crippen molar-refractivity contribution in [1.82, 2.24) is 5.16 Å². The van der Waals surface area contributed by atoms with Crippen molar-refractivity contribution in [2.45, 2.75) is 12.7 Å². The van der Waals surface area contributed by atoms with Crippen LogP contribution in [0.4, 0.5) is 18.9 Å². The molecule has 0 unspecified atom stereocenters. The molecule has 1 aromatic carbocycles. The second-order valence-electron chi connectivity index (χ2n) is 3.53. The van der Waals surface area contributed by atoms with Crippen LogP contribution in [0.5, 0.6) is 0 Å². The zero-order valence-electron chi connectivity index (χ0n) is 8.96. The minimum absolute atomic E-state index is 0.000116. The average Bonchev–Trinajstić information content (AvgIpc) is 2.77. The van der Waals surface area contributed by atoms with Crippen molar-refractivity contribution in [2.75, 3.05) is 5.32 Å². The fourth-order valence-corrected chi connectivity index (χ4v) is 1.79. The molecule has 0 spiro atoms. The molecule has 0 aliphatic carbocycles. The van der Waals surface area contributed by atoms with Gasteiger partial charge in [0.05, 0.1) is 12.1 Å². The number of anilines is 1. The van der Waals surface area contributed by atoms with Gasteiger partial charge in [0.2, 0.25) is 0 Å². The lowest BCUT2D eigenvalue weighted by Crippen LogP contribution is -2.10. The third kappa shape index (κ3) is 3.04. The molecule has 0 saturated heterocycles. The van der Waals surface area contributed by atoms with Crippen LogP contribution in [-0.2, 0) is 12.7 Å². The number of nitrogens with zero attached hydrogens (tertiary/aromatic N) is 1. The molecule has 18 heavy (non-hydrogen) atoms. The van der Waals surface area contributed by atoms with E-state index in [1.54, 1.807) is 6.07 Å². The van der Waals surface area contributed by atoms with E-state index in [9.17, 15) is 13.2 Å². The van der Waals surface area contributed by atoms with Gasteiger partial charge in [-0.05, 0) is 18.2 Å². The van der Waals surface area contributed by atoms with E-state index >= 15 is 0 Å². The molecule has 0 saturated carbocycles. The maximum Gasteiger partial charge on any atom is 0.418 e. The van der Waals surface area contributed by atoms with Crippen molar-refractivity contribution in [2.24, 2.45) is 0 Å². The van der Waals surface area contributed by atoms with E-state index in [0.29, 0.717) is 10.2 Å². The first-order valence-electron chi connectivity index (χ1n) is 4.96. The molecular formula is C11H8BrF3N2O. The number of nitrogens with one attached hydrogen (secondary N) is 1. The number of rotatable bonds is 3. The summed E-state index contributed by atoms with van der Waals surface area (Å²) in [6.45, 7) is 0.163. The van der Waals surface area contributed by atoms with Crippen LogP contribution < -0.4 is 5.32 Å². The van der Waals surface area contributed by atoms with Crippen molar-refractivity contribution >= 4 is 21.6 Å². The van der Waals surface area contributed by atoms with E-state index in [1.165, 1.54) is 18.4 Å². The number of hydrogen-bond acceptors (Lipinski definition) is 3. The van der Waals surface area contributed by atoms with Gasteiger partial charge in [0.25, 0.3) is 0 Å². The number of halogens is 4. The van der Waals surface area contributed by atoms with Crippen LogP contribution in [0.2, 0.25) is 0 Å². The minimum Gasteiger partial charge on any atom is -0.379 e. The molecule has 0 atom stereocenters. The van der Waals surface area contributed by atoms with Crippen molar-refractivity contribution in [3.05, 3.63) is 46.3 Å². The Morgan fingerprint density at radius 1 is 1.28 bits per heavy atom. The van der Waals surface area contributed by atoms with Gasteiger partial charge in [-0.15, -0.1) is 0 Å². The highest BCUT2D eigenvalue weighted by Gasteiger charge is 2.33. The number of hydrogen-bond donors (Lipinski definition) is 1. The molecule has 0 aliphatic heterocycles. The third-order valence-electron chi connectivity index (χ3n) is 2.24. The van der Waals surface area contributed by atoms with Crippen LogP contribution in [0.25, 0.3) is 0 Å². The van der Waals surface area contributed by atoms with Crippen molar-refractivity contribution in [1.29, 1.82) is 0 Å². The largest absolute Gasteiger partial charge is 0.418 e. The van der Waals surface area contributed by atoms with Crippen LogP contribution in [0.3, 0.4) is 0 Å². The Morgan fingerprint density at radius 2 is 2.06 bits per heavy atom. The molecule has 0 fully saturated rings. The molecule has 2 rings (SSSR count). The van der Waals surface area contributed by atoms with Gasteiger partial charge in [0, 0.05) is 16.2 Å². The van der Waals surface area contributed by atoms with Crippen LogP contribution >= 0.6 is 15.9 Å². The second kappa shape index (κ2) is 5.01. The van der Waals surface area contributed by atoms with E-state index in [1.807, 2.05) is 0 Å². The summed E-state index contributed by atoms with van der Waals surface area (Å²) >= 11 is 3.14. The van der Waals surface area contributed by atoms with Crippen LogP contribution in [-0.4, -0.2) is 5.16 Å². The Morgan fingerprint density at radius 3 is 2.67 bits per heavy atom. The maximum atomic E-state index is 12.8. The smallest absolute Gasteiger partial charge is 0.379 e. The van der Waals surface area contributed by atoms with Crippen molar-refractivity contribution in [3.63, 3.8) is 0 Å². The van der Waals surface area contributed by atoms with E-state index in [4.69, 9.17) is 0 Å². The van der Waals surface area contributed by atoms with Crippen LogP contribution in [0.1, 0.15) is 11.3 Å². The molecule has 0 aliphatic rings. The molecule has 1 N–H and O–H groups in total. The quantitative estimate of drug-likeness (QED) is 0.926. The highest BCUT2D eigenvalue weighted by molar-refractivity contribution is 9.10. The monoisotopic (exact) mass is 320 g/mol. The van der Waals surface area contributed by atoms with Gasteiger partial charge < -0.3 is 9.84 Å². The van der Waals surface area contributed by atoms with Gasteiger partial charge in [-0.1, -0.05) is 21.1 Å². The first-order chi connectivity index (χ1) is 8.47. The fourth-order valence-electron chi connectivity index (χ4n) is 1.42. The Hall–Kier alpha value is -1.50. The highest BCUT2D eigenvalue weighted by Crippen LogP contribution is 2.36. The van der Waals surface area contributed by atoms with E-state index in [0.717, 1.165) is 6.07 Å². The third-order valence-corrected chi connectivity index (χ3v) is 2.73. The second-order valence-corrected chi connectivity index (χ2v) is 4.45. The first kappa shape index (κ1) is 12.9. The van der Waals surface area contributed by atoms with Gasteiger partial charge >= 0.3 is 6.18 Å². The molecular weight excluding hydrogens is 313 g/mol. The van der Waals surface area contributed by atoms with Gasteiger partial charge in [-0.2, -0.15) is 13.2 Å². The SMILES string of the molecule is FC(F)(F)c1ccc(Br)cc1NCc1ccon1. The Balaban J connectivity index is 2.23.